The fraction of sp³-hybridized carbons (Fsp3) is 0.200. The van der Waals surface area contributed by atoms with Crippen LogP contribution in [0.5, 0.6) is 5.75 Å². The first-order chi connectivity index (χ1) is 9.63. The van der Waals surface area contributed by atoms with Crippen LogP contribution in [0, 0.1) is 0 Å². The van der Waals surface area contributed by atoms with Crippen LogP contribution in [-0.4, -0.2) is 18.8 Å². The largest absolute Gasteiger partial charge is 0.495 e. The Morgan fingerprint density at radius 3 is 2.50 bits per heavy atom. The van der Waals surface area contributed by atoms with E-state index in [1.54, 1.807) is 19.2 Å². The SMILES string of the molecule is COc1ccc(C(CO)Nc2ccc(Br)cc2)cc1Cl. The maximum absolute atomic E-state index is 9.57. The zero-order valence-electron chi connectivity index (χ0n) is 10.9. The second kappa shape index (κ2) is 6.97. The molecule has 0 amide bonds. The number of rotatable bonds is 5. The van der Waals surface area contributed by atoms with Crippen LogP contribution < -0.4 is 10.1 Å². The summed E-state index contributed by atoms with van der Waals surface area (Å²) < 4.78 is 6.14. The molecule has 0 fully saturated rings. The molecule has 2 N–H and O–H groups in total. The molecule has 0 aromatic heterocycles. The van der Waals surface area contributed by atoms with Gasteiger partial charge in [-0.15, -0.1) is 0 Å². The van der Waals surface area contributed by atoms with Crippen molar-refractivity contribution < 1.29 is 9.84 Å². The third kappa shape index (κ3) is 3.66. The van der Waals surface area contributed by atoms with Gasteiger partial charge in [-0.05, 0) is 42.0 Å². The molecule has 20 heavy (non-hydrogen) atoms. The maximum atomic E-state index is 9.57. The van der Waals surface area contributed by atoms with Gasteiger partial charge in [-0.25, -0.2) is 0 Å². The van der Waals surface area contributed by atoms with Gasteiger partial charge in [-0.1, -0.05) is 33.6 Å². The summed E-state index contributed by atoms with van der Waals surface area (Å²) in [6.07, 6.45) is 0. The molecule has 0 saturated heterocycles. The quantitative estimate of drug-likeness (QED) is 0.841. The lowest BCUT2D eigenvalue weighted by Crippen LogP contribution is -2.14. The average Bonchev–Trinajstić information content (AvgIpc) is 2.46. The first-order valence-electron chi connectivity index (χ1n) is 6.10. The molecule has 0 aliphatic rings. The van der Waals surface area contributed by atoms with Crippen LogP contribution in [0.1, 0.15) is 11.6 Å². The molecule has 0 saturated carbocycles. The van der Waals surface area contributed by atoms with Crippen molar-refractivity contribution in [2.45, 2.75) is 6.04 Å². The number of halogens is 2. The highest BCUT2D eigenvalue weighted by Gasteiger charge is 2.12. The van der Waals surface area contributed by atoms with Gasteiger partial charge in [-0.2, -0.15) is 0 Å². The van der Waals surface area contributed by atoms with E-state index in [1.807, 2.05) is 30.3 Å². The molecule has 0 bridgehead atoms. The molecule has 2 aromatic rings. The zero-order valence-corrected chi connectivity index (χ0v) is 13.3. The number of nitrogens with one attached hydrogen (secondary N) is 1. The van der Waals surface area contributed by atoms with Gasteiger partial charge in [0, 0.05) is 10.2 Å². The van der Waals surface area contributed by atoms with E-state index >= 15 is 0 Å². The molecule has 5 heteroatoms. The highest BCUT2D eigenvalue weighted by atomic mass is 79.9. The highest BCUT2D eigenvalue weighted by Crippen LogP contribution is 2.29. The van der Waals surface area contributed by atoms with Crippen molar-refractivity contribution >= 4 is 33.2 Å². The van der Waals surface area contributed by atoms with Gasteiger partial charge in [0.2, 0.25) is 0 Å². The Morgan fingerprint density at radius 1 is 1.25 bits per heavy atom. The maximum Gasteiger partial charge on any atom is 0.137 e. The van der Waals surface area contributed by atoms with E-state index < -0.39 is 0 Å². The van der Waals surface area contributed by atoms with Gasteiger partial charge < -0.3 is 15.2 Å². The van der Waals surface area contributed by atoms with Crippen LogP contribution in [0.3, 0.4) is 0 Å². The number of anilines is 1. The number of benzene rings is 2. The Kier molecular flexibility index (Phi) is 5.29. The number of aliphatic hydroxyl groups is 1. The molecule has 0 heterocycles. The van der Waals surface area contributed by atoms with Crippen molar-refractivity contribution in [1.29, 1.82) is 0 Å². The number of hydrogen-bond donors (Lipinski definition) is 2. The third-order valence-electron chi connectivity index (χ3n) is 2.95. The minimum absolute atomic E-state index is 0.0290. The fourth-order valence-electron chi connectivity index (χ4n) is 1.88. The van der Waals surface area contributed by atoms with Gasteiger partial charge in [0.15, 0.2) is 0 Å². The van der Waals surface area contributed by atoms with E-state index in [0.717, 1.165) is 15.7 Å². The molecule has 2 aromatic carbocycles. The number of aliphatic hydroxyl groups excluding tert-OH is 1. The summed E-state index contributed by atoms with van der Waals surface area (Å²) in [5.74, 6) is 0.621. The molecule has 106 valence electrons. The van der Waals surface area contributed by atoms with E-state index in [-0.39, 0.29) is 12.6 Å². The normalized spacial score (nSPS) is 12.0. The summed E-state index contributed by atoms with van der Waals surface area (Å²) in [4.78, 5) is 0. The molecule has 0 spiro atoms. The van der Waals surface area contributed by atoms with E-state index in [4.69, 9.17) is 16.3 Å². The van der Waals surface area contributed by atoms with Crippen LogP contribution in [0.25, 0.3) is 0 Å². The Morgan fingerprint density at radius 2 is 1.95 bits per heavy atom. The van der Waals surface area contributed by atoms with Crippen molar-refractivity contribution in [1.82, 2.24) is 0 Å². The zero-order chi connectivity index (χ0) is 14.5. The lowest BCUT2D eigenvalue weighted by Gasteiger charge is -2.19. The lowest BCUT2D eigenvalue weighted by molar-refractivity contribution is 0.276. The second-order valence-electron chi connectivity index (χ2n) is 4.28. The van der Waals surface area contributed by atoms with Gasteiger partial charge in [0.05, 0.1) is 24.8 Å². The summed E-state index contributed by atoms with van der Waals surface area (Å²) in [5.41, 5.74) is 1.83. The molecular formula is C15H15BrClNO2. The topological polar surface area (TPSA) is 41.5 Å². The molecule has 0 aliphatic carbocycles. The van der Waals surface area contributed by atoms with Gasteiger partial charge in [0.1, 0.15) is 5.75 Å². The van der Waals surface area contributed by atoms with E-state index in [9.17, 15) is 5.11 Å². The standard InChI is InChI=1S/C15H15BrClNO2/c1-20-15-7-2-10(8-13(15)17)14(9-19)18-12-5-3-11(16)4-6-12/h2-8,14,18-19H,9H2,1H3. The molecule has 3 nitrogen and oxygen atoms in total. The molecule has 0 radical (unpaired) electrons. The van der Waals surface area contributed by atoms with Gasteiger partial charge in [0.25, 0.3) is 0 Å². The Hall–Kier alpha value is -1.23. The van der Waals surface area contributed by atoms with E-state index in [0.29, 0.717) is 10.8 Å². The fourth-order valence-corrected chi connectivity index (χ4v) is 2.41. The Bertz CT molecular complexity index is 575. The Labute approximate surface area is 131 Å². The molecule has 0 aliphatic heterocycles. The minimum Gasteiger partial charge on any atom is -0.495 e. The molecular weight excluding hydrogens is 342 g/mol. The van der Waals surface area contributed by atoms with Crippen LogP contribution in [-0.2, 0) is 0 Å². The van der Waals surface area contributed by atoms with E-state index in [1.165, 1.54) is 0 Å². The molecule has 1 unspecified atom stereocenters. The number of ether oxygens (including phenoxy) is 1. The summed E-state index contributed by atoms with van der Waals surface area (Å²) in [6, 6.07) is 13.0. The van der Waals surface area contributed by atoms with Gasteiger partial charge >= 0.3 is 0 Å². The van der Waals surface area contributed by atoms with Crippen molar-refractivity contribution in [3.05, 3.63) is 57.5 Å². The number of hydrogen-bond acceptors (Lipinski definition) is 3. The first kappa shape index (κ1) is 15.2. The number of methoxy groups -OCH3 is 1. The van der Waals surface area contributed by atoms with Crippen molar-refractivity contribution in [2.75, 3.05) is 19.0 Å². The predicted octanol–water partition coefficient (Wildman–Crippen LogP) is 4.26. The average molecular weight is 357 g/mol. The minimum atomic E-state index is -0.223. The van der Waals surface area contributed by atoms with E-state index in [2.05, 4.69) is 21.2 Å². The van der Waals surface area contributed by atoms with Crippen molar-refractivity contribution in [2.24, 2.45) is 0 Å². The first-order valence-corrected chi connectivity index (χ1v) is 7.27. The third-order valence-corrected chi connectivity index (χ3v) is 3.77. The van der Waals surface area contributed by atoms with Crippen LogP contribution >= 0.6 is 27.5 Å². The monoisotopic (exact) mass is 355 g/mol. The predicted molar refractivity (Wildman–Crippen MR) is 85.6 cm³/mol. The summed E-state index contributed by atoms with van der Waals surface area (Å²) >= 11 is 9.50. The Balaban J connectivity index is 2.19. The summed E-state index contributed by atoms with van der Waals surface area (Å²) in [6.45, 7) is -0.0290. The van der Waals surface area contributed by atoms with Crippen molar-refractivity contribution in [3.63, 3.8) is 0 Å². The van der Waals surface area contributed by atoms with Gasteiger partial charge in [-0.3, -0.25) is 0 Å². The summed E-state index contributed by atoms with van der Waals surface area (Å²) in [5, 5.41) is 13.4. The lowest BCUT2D eigenvalue weighted by atomic mass is 10.1. The van der Waals surface area contributed by atoms with Crippen LogP contribution in [0.4, 0.5) is 5.69 Å². The van der Waals surface area contributed by atoms with Crippen LogP contribution in [0.15, 0.2) is 46.9 Å². The highest BCUT2D eigenvalue weighted by molar-refractivity contribution is 9.10. The smallest absolute Gasteiger partial charge is 0.137 e. The molecule has 2 rings (SSSR count). The van der Waals surface area contributed by atoms with Crippen LogP contribution in [0.2, 0.25) is 5.02 Å². The summed E-state index contributed by atoms with van der Waals surface area (Å²) in [7, 11) is 1.57. The molecule has 1 atom stereocenters. The van der Waals surface area contributed by atoms with Crippen molar-refractivity contribution in [3.8, 4) is 5.75 Å². The second-order valence-corrected chi connectivity index (χ2v) is 5.60.